The van der Waals surface area contributed by atoms with Crippen LogP contribution < -0.4 is 0 Å². The number of piperidine rings is 1. The van der Waals surface area contributed by atoms with E-state index < -0.39 is 5.97 Å². The van der Waals surface area contributed by atoms with Crippen LogP contribution in [0.25, 0.3) is 11.5 Å². The third-order valence-electron chi connectivity index (χ3n) is 4.87. The second kappa shape index (κ2) is 8.17. The van der Waals surface area contributed by atoms with E-state index in [4.69, 9.17) is 9.52 Å². The zero-order chi connectivity index (χ0) is 18.5. The summed E-state index contributed by atoms with van der Waals surface area (Å²) in [7, 11) is 0. The van der Waals surface area contributed by atoms with Gasteiger partial charge in [0.1, 0.15) is 5.76 Å². The van der Waals surface area contributed by atoms with Crippen LogP contribution in [0.1, 0.15) is 37.1 Å². The van der Waals surface area contributed by atoms with Gasteiger partial charge in [0.25, 0.3) is 0 Å². The average Bonchev–Trinajstić information content (AvgIpc) is 3.01. The van der Waals surface area contributed by atoms with E-state index >= 15 is 0 Å². The van der Waals surface area contributed by atoms with Crippen molar-refractivity contribution >= 4 is 11.9 Å². The standard InChI is InChI=1S/C20H24N2O4/c1-14-17(21-20(26-14)16-7-3-2-4-8-16)12-18(23)22-11-5-6-15(13-22)9-10-19(24)25/h2-4,7-8,15H,5-6,9-13H2,1H3,(H,24,25)/t15-/m0/s1. The number of rotatable bonds is 6. The highest BCUT2D eigenvalue weighted by Gasteiger charge is 2.25. The molecule has 26 heavy (non-hydrogen) atoms. The van der Waals surface area contributed by atoms with E-state index in [-0.39, 0.29) is 24.7 Å². The fourth-order valence-corrected chi connectivity index (χ4v) is 3.41. The number of hydrogen-bond acceptors (Lipinski definition) is 4. The highest BCUT2D eigenvalue weighted by atomic mass is 16.4. The zero-order valence-corrected chi connectivity index (χ0v) is 15.0. The Morgan fingerprint density at radius 1 is 1.31 bits per heavy atom. The average molecular weight is 356 g/mol. The zero-order valence-electron chi connectivity index (χ0n) is 15.0. The quantitative estimate of drug-likeness (QED) is 0.858. The lowest BCUT2D eigenvalue weighted by Gasteiger charge is -2.32. The van der Waals surface area contributed by atoms with Crippen molar-refractivity contribution in [3.05, 3.63) is 41.8 Å². The van der Waals surface area contributed by atoms with Crippen LogP contribution in [0.15, 0.2) is 34.7 Å². The van der Waals surface area contributed by atoms with Crippen LogP contribution in [0.5, 0.6) is 0 Å². The van der Waals surface area contributed by atoms with Crippen molar-refractivity contribution in [1.29, 1.82) is 0 Å². The minimum absolute atomic E-state index is 0.0287. The van der Waals surface area contributed by atoms with E-state index in [1.165, 1.54) is 0 Å². The minimum atomic E-state index is -0.778. The van der Waals surface area contributed by atoms with Gasteiger partial charge in [0.2, 0.25) is 11.8 Å². The molecular formula is C20H24N2O4. The van der Waals surface area contributed by atoms with E-state index in [9.17, 15) is 9.59 Å². The molecule has 6 heteroatoms. The molecule has 0 aliphatic carbocycles. The van der Waals surface area contributed by atoms with Crippen molar-refractivity contribution in [3.8, 4) is 11.5 Å². The Kier molecular flexibility index (Phi) is 5.71. The predicted molar refractivity (Wildman–Crippen MR) is 96.6 cm³/mol. The van der Waals surface area contributed by atoms with Crippen LogP contribution in [0.3, 0.4) is 0 Å². The predicted octanol–water partition coefficient (Wildman–Crippen LogP) is 3.30. The van der Waals surface area contributed by atoms with Gasteiger partial charge in [0.05, 0.1) is 12.1 Å². The molecule has 1 amide bonds. The minimum Gasteiger partial charge on any atom is -0.481 e. The van der Waals surface area contributed by atoms with Crippen LogP contribution in [0.2, 0.25) is 0 Å². The molecule has 3 rings (SSSR count). The summed E-state index contributed by atoms with van der Waals surface area (Å²) < 4.78 is 5.73. The van der Waals surface area contributed by atoms with Crippen LogP contribution in [0.4, 0.5) is 0 Å². The number of aromatic nitrogens is 1. The van der Waals surface area contributed by atoms with Crippen molar-refractivity contribution in [3.63, 3.8) is 0 Å². The smallest absolute Gasteiger partial charge is 0.303 e. The number of carboxylic acid groups (broad SMARTS) is 1. The molecule has 1 atom stereocenters. The van der Waals surface area contributed by atoms with Crippen LogP contribution >= 0.6 is 0 Å². The van der Waals surface area contributed by atoms with Crippen molar-refractivity contribution < 1.29 is 19.1 Å². The summed E-state index contributed by atoms with van der Waals surface area (Å²) in [6.45, 7) is 3.19. The number of likely N-dealkylation sites (tertiary alicyclic amines) is 1. The molecular weight excluding hydrogens is 332 g/mol. The monoisotopic (exact) mass is 356 g/mol. The molecule has 1 fully saturated rings. The molecule has 0 spiro atoms. The summed E-state index contributed by atoms with van der Waals surface area (Å²) in [6, 6.07) is 9.62. The Hall–Kier alpha value is -2.63. The van der Waals surface area contributed by atoms with Gasteiger partial charge < -0.3 is 14.4 Å². The lowest BCUT2D eigenvalue weighted by Crippen LogP contribution is -2.41. The van der Waals surface area contributed by atoms with E-state index in [1.807, 2.05) is 42.2 Å². The van der Waals surface area contributed by atoms with Crippen molar-refractivity contribution in [2.24, 2.45) is 5.92 Å². The van der Waals surface area contributed by atoms with Crippen molar-refractivity contribution in [2.75, 3.05) is 13.1 Å². The summed E-state index contributed by atoms with van der Waals surface area (Å²) >= 11 is 0. The Labute approximate surface area is 152 Å². The fraction of sp³-hybridized carbons (Fsp3) is 0.450. The van der Waals surface area contributed by atoms with Gasteiger partial charge in [-0.2, -0.15) is 0 Å². The maximum absolute atomic E-state index is 12.7. The van der Waals surface area contributed by atoms with Gasteiger partial charge >= 0.3 is 5.97 Å². The molecule has 2 aromatic rings. The first-order chi connectivity index (χ1) is 12.5. The topological polar surface area (TPSA) is 83.6 Å². The van der Waals surface area contributed by atoms with E-state index in [1.54, 1.807) is 0 Å². The summed E-state index contributed by atoms with van der Waals surface area (Å²) in [5.41, 5.74) is 1.56. The first-order valence-corrected chi connectivity index (χ1v) is 9.04. The number of oxazole rings is 1. The normalized spacial score (nSPS) is 17.3. The number of aliphatic carboxylic acids is 1. The van der Waals surface area contributed by atoms with Gasteiger partial charge in [0.15, 0.2) is 0 Å². The Morgan fingerprint density at radius 2 is 2.08 bits per heavy atom. The first kappa shape index (κ1) is 18.2. The Bertz CT molecular complexity index is 769. The van der Waals surface area contributed by atoms with E-state index in [0.29, 0.717) is 30.3 Å². The molecule has 0 unspecified atom stereocenters. The molecule has 2 heterocycles. The molecule has 0 bridgehead atoms. The maximum Gasteiger partial charge on any atom is 0.303 e. The van der Waals surface area contributed by atoms with Gasteiger partial charge in [-0.15, -0.1) is 0 Å². The van der Waals surface area contributed by atoms with Crippen LogP contribution in [-0.2, 0) is 16.0 Å². The van der Waals surface area contributed by atoms with Gasteiger partial charge in [-0.25, -0.2) is 4.98 Å². The molecule has 6 nitrogen and oxygen atoms in total. The third-order valence-corrected chi connectivity index (χ3v) is 4.87. The van der Waals surface area contributed by atoms with E-state index in [0.717, 1.165) is 24.9 Å². The van der Waals surface area contributed by atoms with Gasteiger partial charge in [0, 0.05) is 25.1 Å². The Morgan fingerprint density at radius 3 is 2.81 bits per heavy atom. The lowest BCUT2D eigenvalue weighted by molar-refractivity contribution is -0.137. The number of carbonyl (C=O) groups is 2. The molecule has 1 aromatic heterocycles. The van der Waals surface area contributed by atoms with Gasteiger partial charge in [-0.3, -0.25) is 9.59 Å². The number of amides is 1. The van der Waals surface area contributed by atoms with Crippen LogP contribution in [-0.4, -0.2) is 40.0 Å². The molecule has 1 N–H and O–H groups in total. The summed E-state index contributed by atoms with van der Waals surface area (Å²) in [4.78, 5) is 29.8. The van der Waals surface area contributed by atoms with Gasteiger partial charge in [-0.05, 0) is 44.2 Å². The molecule has 0 saturated carbocycles. The van der Waals surface area contributed by atoms with Crippen molar-refractivity contribution in [2.45, 2.75) is 39.0 Å². The van der Waals surface area contributed by atoms with E-state index in [2.05, 4.69) is 4.98 Å². The molecule has 1 aromatic carbocycles. The van der Waals surface area contributed by atoms with Crippen LogP contribution in [0, 0.1) is 12.8 Å². The SMILES string of the molecule is Cc1oc(-c2ccccc2)nc1CC(=O)N1CCC[C@@H](CCC(=O)O)C1. The number of aryl methyl sites for hydroxylation is 1. The maximum atomic E-state index is 12.7. The summed E-state index contributed by atoms with van der Waals surface area (Å²) in [6.07, 6.45) is 2.91. The third kappa shape index (κ3) is 4.50. The molecule has 0 radical (unpaired) electrons. The van der Waals surface area contributed by atoms with Gasteiger partial charge in [-0.1, -0.05) is 18.2 Å². The number of carboxylic acids is 1. The second-order valence-corrected chi connectivity index (χ2v) is 6.85. The highest BCUT2D eigenvalue weighted by Crippen LogP contribution is 2.24. The fourth-order valence-electron chi connectivity index (χ4n) is 3.41. The Balaban J connectivity index is 1.62. The number of carbonyl (C=O) groups excluding carboxylic acids is 1. The molecule has 1 aliphatic heterocycles. The lowest BCUT2D eigenvalue weighted by atomic mass is 9.93. The number of benzene rings is 1. The highest BCUT2D eigenvalue weighted by molar-refractivity contribution is 5.78. The largest absolute Gasteiger partial charge is 0.481 e. The molecule has 138 valence electrons. The summed E-state index contributed by atoms with van der Waals surface area (Å²) in [5.74, 6) is 0.712. The van der Waals surface area contributed by atoms with Crippen molar-refractivity contribution in [1.82, 2.24) is 9.88 Å². The second-order valence-electron chi connectivity index (χ2n) is 6.85. The number of nitrogens with zero attached hydrogens (tertiary/aromatic N) is 2. The summed E-state index contributed by atoms with van der Waals surface area (Å²) in [5, 5.41) is 8.84. The molecule has 1 saturated heterocycles. The number of hydrogen-bond donors (Lipinski definition) is 1. The first-order valence-electron chi connectivity index (χ1n) is 9.04. The molecule has 1 aliphatic rings.